The van der Waals surface area contributed by atoms with E-state index in [9.17, 15) is 0 Å². The Morgan fingerprint density at radius 2 is 1.82 bits per heavy atom. The van der Waals surface area contributed by atoms with Gasteiger partial charge in [-0.3, -0.25) is 0 Å². The zero-order valence-electron chi connectivity index (χ0n) is 10.6. The number of benzene rings is 1. The fraction of sp³-hybridized carbons (Fsp3) is 0.333. The van der Waals surface area contributed by atoms with Crippen LogP contribution in [0, 0.1) is 6.92 Å². The lowest BCUT2D eigenvalue weighted by Gasteiger charge is -2.21. The molecule has 0 bridgehead atoms. The van der Waals surface area contributed by atoms with E-state index in [4.69, 9.17) is 4.42 Å². The van der Waals surface area contributed by atoms with Gasteiger partial charge in [-0.25, -0.2) is 0 Å². The van der Waals surface area contributed by atoms with E-state index in [1.807, 2.05) is 6.07 Å². The highest BCUT2D eigenvalue weighted by Crippen LogP contribution is 2.21. The maximum Gasteiger partial charge on any atom is 0.0950 e. The van der Waals surface area contributed by atoms with Gasteiger partial charge in [0.15, 0.2) is 0 Å². The second-order valence-electron chi connectivity index (χ2n) is 4.52. The Hall–Kier alpha value is -1.54. The van der Waals surface area contributed by atoms with Gasteiger partial charge in [0.25, 0.3) is 0 Å². The maximum atomic E-state index is 5.11. The summed E-state index contributed by atoms with van der Waals surface area (Å²) in [5.41, 5.74) is 3.86. The summed E-state index contributed by atoms with van der Waals surface area (Å²) >= 11 is 0. The lowest BCUT2D eigenvalue weighted by atomic mass is 10.0. The molecule has 2 unspecified atom stereocenters. The van der Waals surface area contributed by atoms with Crippen LogP contribution in [0.15, 0.2) is 47.3 Å². The minimum atomic E-state index is 0.295. The summed E-state index contributed by atoms with van der Waals surface area (Å²) in [5.74, 6) is 0. The van der Waals surface area contributed by atoms with Crippen molar-refractivity contribution >= 4 is 0 Å². The zero-order chi connectivity index (χ0) is 12.3. The summed E-state index contributed by atoms with van der Waals surface area (Å²) < 4.78 is 5.11. The molecule has 2 rings (SSSR count). The van der Waals surface area contributed by atoms with Crippen molar-refractivity contribution in [2.75, 3.05) is 0 Å². The number of nitrogens with one attached hydrogen (secondary N) is 1. The van der Waals surface area contributed by atoms with Crippen LogP contribution in [-0.2, 0) is 0 Å². The smallest absolute Gasteiger partial charge is 0.0950 e. The van der Waals surface area contributed by atoms with E-state index >= 15 is 0 Å². The molecule has 1 aromatic carbocycles. The third-order valence-corrected chi connectivity index (χ3v) is 3.20. The van der Waals surface area contributed by atoms with Crippen LogP contribution in [-0.4, -0.2) is 0 Å². The SMILES string of the molecule is Cc1ccccc1C(C)NC(C)c1ccoc1. The van der Waals surface area contributed by atoms with E-state index in [0.717, 1.165) is 0 Å². The van der Waals surface area contributed by atoms with Crippen LogP contribution in [0.4, 0.5) is 0 Å². The van der Waals surface area contributed by atoms with Crippen LogP contribution in [0.2, 0.25) is 0 Å². The van der Waals surface area contributed by atoms with Gasteiger partial charge in [-0.05, 0) is 38.0 Å². The zero-order valence-corrected chi connectivity index (χ0v) is 10.6. The normalized spacial score (nSPS) is 14.5. The molecule has 0 amide bonds. The van der Waals surface area contributed by atoms with Gasteiger partial charge in [-0.2, -0.15) is 0 Å². The quantitative estimate of drug-likeness (QED) is 0.857. The molecule has 0 radical (unpaired) electrons. The Bertz CT molecular complexity index is 462. The topological polar surface area (TPSA) is 25.2 Å². The fourth-order valence-electron chi connectivity index (χ4n) is 2.16. The van der Waals surface area contributed by atoms with Crippen molar-refractivity contribution in [3.8, 4) is 0 Å². The third-order valence-electron chi connectivity index (χ3n) is 3.20. The van der Waals surface area contributed by atoms with E-state index in [0.29, 0.717) is 12.1 Å². The van der Waals surface area contributed by atoms with Crippen LogP contribution in [0.25, 0.3) is 0 Å². The van der Waals surface area contributed by atoms with Crippen molar-refractivity contribution in [2.24, 2.45) is 0 Å². The molecule has 17 heavy (non-hydrogen) atoms. The highest BCUT2D eigenvalue weighted by Gasteiger charge is 2.12. The molecule has 0 aliphatic carbocycles. The summed E-state index contributed by atoms with van der Waals surface area (Å²) in [6.45, 7) is 6.49. The summed E-state index contributed by atoms with van der Waals surface area (Å²) in [5, 5.41) is 3.58. The van der Waals surface area contributed by atoms with Gasteiger partial charge < -0.3 is 9.73 Å². The average Bonchev–Trinajstić information content (AvgIpc) is 2.82. The summed E-state index contributed by atoms with van der Waals surface area (Å²) in [6, 6.07) is 11.1. The molecule has 0 aliphatic heterocycles. The fourth-order valence-corrected chi connectivity index (χ4v) is 2.16. The highest BCUT2D eigenvalue weighted by atomic mass is 16.3. The molecule has 1 heterocycles. The summed E-state index contributed by atoms with van der Waals surface area (Å²) in [6.07, 6.45) is 3.51. The molecule has 1 N–H and O–H groups in total. The Morgan fingerprint density at radius 1 is 1.06 bits per heavy atom. The van der Waals surface area contributed by atoms with Crippen molar-refractivity contribution in [1.82, 2.24) is 5.32 Å². The van der Waals surface area contributed by atoms with Gasteiger partial charge >= 0.3 is 0 Å². The molecular weight excluding hydrogens is 210 g/mol. The van der Waals surface area contributed by atoms with E-state index in [-0.39, 0.29) is 0 Å². The van der Waals surface area contributed by atoms with Crippen molar-refractivity contribution in [3.05, 3.63) is 59.5 Å². The summed E-state index contributed by atoms with van der Waals surface area (Å²) in [7, 11) is 0. The molecule has 1 aromatic heterocycles. The standard InChI is InChI=1S/C15H19NO/c1-11-6-4-5-7-15(11)13(3)16-12(2)14-8-9-17-10-14/h4-10,12-13,16H,1-3H3. The maximum absolute atomic E-state index is 5.11. The molecular formula is C15H19NO. The third kappa shape index (κ3) is 2.77. The average molecular weight is 229 g/mol. The molecule has 0 aliphatic rings. The first-order valence-electron chi connectivity index (χ1n) is 6.02. The van der Waals surface area contributed by atoms with Crippen molar-refractivity contribution in [2.45, 2.75) is 32.9 Å². The number of hydrogen-bond acceptors (Lipinski definition) is 2. The predicted octanol–water partition coefficient (Wildman–Crippen LogP) is 4.00. The molecule has 0 saturated carbocycles. The first-order chi connectivity index (χ1) is 8.18. The lowest BCUT2D eigenvalue weighted by molar-refractivity contribution is 0.485. The molecule has 2 atom stereocenters. The molecule has 2 nitrogen and oxygen atoms in total. The van der Waals surface area contributed by atoms with Crippen LogP contribution in [0.1, 0.15) is 42.6 Å². The van der Waals surface area contributed by atoms with Crippen LogP contribution in [0.3, 0.4) is 0 Å². The monoisotopic (exact) mass is 229 g/mol. The first kappa shape index (κ1) is 11.9. The highest BCUT2D eigenvalue weighted by molar-refractivity contribution is 5.28. The predicted molar refractivity (Wildman–Crippen MR) is 69.9 cm³/mol. The number of aryl methyl sites for hydroxylation is 1. The van der Waals surface area contributed by atoms with E-state index in [2.05, 4.69) is 50.4 Å². The van der Waals surface area contributed by atoms with Gasteiger partial charge in [0.05, 0.1) is 12.5 Å². The van der Waals surface area contributed by atoms with Crippen LogP contribution < -0.4 is 5.32 Å². The Kier molecular flexibility index (Phi) is 3.64. The lowest BCUT2D eigenvalue weighted by Crippen LogP contribution is -2.22. The first-order valence-corrected chi connectivity index (χ1v) is 6.02. The largest absolute Gasteiger partial charge is 0.472 e. The number of furan rings is 1. The van der Waals surface area contributed by atoms with E-state index in [1.165, 1.54) is 16.7 Å². The Balaban J connectivity index is 2.07. The minimum absolute atomic E-state index is 0.295. The van der Waals surface area contributed by atoms with Crippen molar-refractivity contribution < 1.29 is 4.42 Å². The number of hydrogen-bond donors (Lipinski definition) is 1. The Morgan fingerprint density at radius 3 is 2.47 bits per heavy atom. The van der Waals surface area contributed by atoms with Gasteiger partial charge in [0, 0.05) is 17.6 Å². The number of rotatable bonds is 4. The van der Waals surface area contributed by atoms with Crippen molar-refractivity contribution in [1.29, 1.82) is 0 Å². The second-order valence-corrected chi connectivity index (χ2v) is 4.52. The van der Waals surface area contributed by atoms with Gasteiger partial charge in [-0.1, -0.05) is 24.3 Å². The minimum Gasteiger partial charge on any atom is -0.472 e. The van der Waals surface area contributed by atoms with Gasteiger partial charge in [0.2, 0.25) is 0 Å². The van der Waals surface area contributed by atoms with Gasteiger partial charge in [0.1, 0.15) is 0 Å². The molecule has 2 aromatic rings. The molecule has 0 fully saturated rings. The summed E-state index contributed by atoms with van der Waals surface area (Å²) in [4.78, 5) is 0. The molecule has 90 valence electrons. The Labute approximate surface area is 103 Å². The second kappa shape index (κ2) is 5.19. The van der Waals surface area contributed by atoms with Crippen LogP contribution >= 0.6 is 0 Å². The van der Waals surface area contributed by atoms with E-state index in [1.54, 1.807) is 12.5 Å². The van der Waals surface area contributed by atoms with Crippen molar-refractivity contribution in [3.63, 3.8) is 0 Å². The van der Waals surface area contributed by atoms with Gasteiger partial charge in [-0.15, -0.1) is 0 Å². The molecule has 0 saturated heterocycles. The van der Waals surface area contributed by atoms with E-state index < -0.39 is 0 Å². The molecule has 2 heteroatoms. The van der Waals surface area contributed by atoms with Crippen LogP contribution in [0.5, 0.6) is 0 Å². The molecule has 0 spiro atoms.